The monoisotopic (exact) mass is 472 g/mol. The number of aryl methyl sites for hydroxylation is 1. The zero-order valence-corrected chi connectivity index (χ0v) is 20.6. The van der Waals surface area contributed by atoms with E-state index < -0.39 is 0 Å². The van der Waals surface area contributed by atoms with E-state index in [0.717, 1.165) is 35.7 Å². The second-order valence-electron chi connectivity index (χ2n) is 9.58. The van der Waals surface area contributed by atoms with Crippen molar-refractivity contribution < 1.29 is 9.47 Å². The van der Waals surface area contributed by atoms with Crippen molar-refractivity contribution in [2.75, 3.05) is 14.2 Å². The van der Waals surface area contributed by atoms with E-state index in [-0.39, 0.29) is 0 Å². The SMILES string of the molecule is COc1cccc(-n2c3c(c4ccc5c6ccccc6n(-c6cccc(OC)c6)c5c42)CCCC3)c1. The fourth-order valence-corrected chi connectivity index (χ4v) is 6.12. The summed E-state index contributed by atoms with van der Waals surface area (Å²) < 4.78 is 16.2. The van der Waals surface area contributed by atoms with Crippen LogP contribution < -0.4 is 9.47 Å². The number of hydrogen-bond donors (Lipinski definition) is 0. The fraction of sp³-hybridized carbons (Fsp3) is 0.188. The van der Waals surface area contributed by atoms with Gasteiger partial charge in [0.2, 0.25) is 0 Å². The minimum atomic E-state index is 0.855. The molecule has 0 bridgehead atoms. The molecule has 0 radical (unpaired) electrons. The molecule has 1 aliphatic carbocycles. The van der Waals surface area contributed by atoms with Gasteiger partial charge < -0.3 is 18.6 Å². The fourth-order valence-electron chi connectivity index (χ4n) is 6.12. The second-order valence-corrected chi connectivity index (χ2v) is 9.58. The number of fused-ring (bicyclic) bond motifs is 7. The number of nitrogens with zero attached hydrogens (tertiary/aromatic N) is 2. The van der Waals surface area contributed by atoms with Gasteiger partial charge in [-0.2, -0.15) is 0 Å². The van der Waals surface area contributed by atoms with E-state index in [1.807, 2.05) is 12.1 Å². The maximum Gasteiger partial charge on any atom is 0.120 e. The topological polar surface area (TPSA) is 28.3 Å². The molecule has 1 aliphatic rings. The van der Waals surface area contributed by atoms with Crippen molar-refractivity contribution in [3.8, 4) is 22.9 Å². The largest absolute Gasteiger partial charge is 0.497 e. The standard InChI is InChI=1S/C32H28N2O2/c1-35-23-11-7-9-21(19-23)33-29-15-5-3-13-25(29)27-17-18-28-26-14-4-6-16-30(26)34(32(28)31(27)33)22-10-8-12-24(20-22)36-2/h3,5,7-13,15,17-20H,4,6,14,16H2,1-2H3. The number of rotatable bonds is 4. The molecule has 4 aromatic carbocycles. The third kappa shape index (κ3) is 3.00. The number of benzene rings is 4. The molecule has 0 spiro atoms. The molecule has 0 amide bonds. The highest BCUT2D eigenvalue weighted by Gasteiger charge is 2.25. The Balaban J connectivity index is 1.70. The van der Waals surface area contributed by atoms with Gasteiger partial charge in [0, 0.05) is 45.4 Å². The van der Waals surface area contributed by atoms with Crippen LogP contribution >= 0.6 is 0 Å². The number of para-hydroxylation sites is 1. The Kier molecular flexibility index (Phi) is 4.81. The molecule has 0 unspecified atom stereocenters. The van der Waals surface area contributed by atoms with Crippen LogP contribution in [0.3, 0.4) is 0 Å². The number of ether oxygens (including phenoxy) is 2. The summed E-state index contributed by atoms with van der Waals surface area (Å²) in [5.74, 6) is 1.73. The molecule has 7 rings (SSSR count). The molecule has 0 fully saturated rings. The van der Waals surface area contributed by atoms with Gasteiger partial charge in [-0.1, -0.05) is 42.5 Å². The highest BCUT2D eigenvalue weighted by Crippen LogP contribution is 2.42. The van der Waals surface area contributed by atoms with Crippen molar-refractivity contribution in [1.82, 2.24) is 9.13 Å². The molecular weight excluding hydrogens is 444 g/mol. The van der Waals surface area contributed by atoms with Crippen LogP contribution in [-0.4, -0.2) is 23.4 Å². The summed E-state index contributed by atoms with van der Waals surface area (Å²) >= 11 is 0. The summed E-state index contributed by atoms with van der Waals surface area (Å²) in [6, 6.07) is 30.2. The van der Waals surface area contributed by atoms with E-state index in [2.05, 4.69) is 81.9 Å². The lowest BCUT2D eigenvalue weighted by Gasteiger charge is -2.17. The summed E-state index contributed by atoms with van der Waals surface area (Å²) in [4.78, 5) is 0. The van der Waals surface area contributed by atoms with Gasteiger partial charge in [-0.3, -0.25) is 0 Å². The first-order chi connectivity index (χ1) is 17.8. The Morgan fingerprint density at radius 3 is 1.97 bits per heavy atom. The Morgan fingerprint density at radius 2 is 1.22 bits per heavy atom. The highest BCUT2D eigenvalue weighted by atomic mass is 16.5. The molecule has 2 heterocycles. The normalized spacial score (nSPS) is 13.4. The van der Waals surface area contributed by atoms with Crippen molar-refractivity contribution in [3.05, 3.63) is 96.2 Å². The van der Waals surface area contributed by atoms with Crippen LogP contribution in [-0.2, 0) is 12.8 Å². The van der Waals surface area contributed by atoms with E-state index in [9.17, 15) is 0 Å². The van der Waals surface area contributed by atoms with Crippen LogP contribution in [0.5, 0.6) is 11.5 Å². The van der Waals surface area contributed by atoms with Gasteiger partial charge >= 0.3 is 0 Å². The molecule has 0 saturated carbocycles. The summed E-state index contributed by atoms with van der Waals surface area (Å²) in [6.07, 6.45) is 4.66. The summed E-state index contributed by atoms with van der Waals surface area (Å²) in [7, 11) is 3.46. The van der Waals surface area contributed by atoms with E-state index in [4.69, 9.17) is 9.47 Å². The predicted molar refractivity (Wildman–Crippen MR) is 147 cm³/mol. The second kappa shape index (κ2) is 8.20. The van der Waals surface area contributed by atoms with Crippen molar-refractivity contribution in [2.24, 2.45) is 0 Å². The van der Waals surface area contributed by atoms with Crippen molar-refractivity contribution in [3.63, 3.8) is 0 Å². The maximum absolute atomic E-state index is 5.63. The Morgan fingerprint density at radius 1 is 0.583 bits per heavy atom. The van der Waals surface area contributed by atoms with Gasteiger partial charge in [0.15, 0.2) is 0 Å². The first-order valence-electron chi connectivity index (χ1n) is 12.7. The van der Waals surface area contributed by atoms with Crippen LogP contribution in [0.25, 0.3) is 44.1 Å². The van der Waals surface area contributed by atoms with Crippen molar-refractivity contribution >= 4 is 32.7 Å². The molecule has 0 saturated heterocycles. The Hall–Kier alpha value is -4.18. The average Bonchev–Trinajstić information content (AvgIpc) is 3.46. The van der Waals surface area contributed by atoms with Crippen molar-refractivity contribution in [2.45, 2.75) is 25.7 Å². The molecule has 0 aliphatic heterocycles. The van der Waals surface area contributed by atoms with Crippen LogP contribution in [0.15, 0.2) is 84.9 Å². The van der Waals surface area contributed by atoms with E-state index in [1.54, 1.807) is 14.2 Å². The van der Waals surface area contributed by atoms with Gasteiger partial charge in [0.1, 0.15) is 11.5 Å². The third-order valence-electron chi connectivity index (χ3n) is 7.69. The van der Waals surface area contributed by atoms with Crippen LogP contribution in [0.1, 0.15) is 24.1 Å². The maximum atomic E-state index is 5.63. The Labute approximate surface area is 210 Å². The molecular formula is C32H28N2O2. The van der Waals surface area contributed by atoms with E-state index in [0.29, 0.717) is 0 Å². The Bertz CT molecular complexity index is 1770. The lowest BCUT2D eigenvalue weighted by atomic mass is 9.95. The van der Waals surface area contributed by atoms with Crippen LogP contribution in [0.2, 0.25) is 0 Å². The van der Waals surface area contributed by atoms with Gasteiger partial charge in [0.05, 0.1) is 30.8 Å². The van der Waals surface area contributed by atoms with Crippen LogP contribution in [0, 0.1) is 0 Å². The minimum absolute atomic E-state index is 0.855. The molecule has 4 heteroatoms. The van der Waals surface area contributed by atoms with E-state index in [1.165, 1.54) is 56.8 Å². The first-order valence-corrected chi connectivity index (χ1v) is 12.7. The van der Waals surface area contributed by atoms with Gasteiger partial charge in [0.25, 0.3) is 0 Å². The van der Waals surface area contributed by atoms with Gasteiger partial charge in [-0.05, 0) is 61.6 Å². The summed E-state index contributed by atoms with van der Waals surface area (Å²) in [5.41, 5.74) is 8.88. The van der Waals surface area contributed by atoms with Crippen LogP contribution in [0.4, 0.5) is 0 Å². The van der Waals surface area contributed by atoms with Crippen molar-refractivity contribution in [1.29, 1.82) is 0 Å². The number of hydrogen-bond acceptors (Lipinski definition) is 2. The number of aromatic nitrogens is 2. The molecule has 4 nitrogen and oxygen atoms in total. The first kappa shape index (κ1) is 21.1. The molecule has 0 N–H and O–H groups in total. The van der Waals surface area contributed by atoms with E-state index >= 15 is 0 Å². The van der Waals surface area contributed by atoms with Gasteiger partial charge in [-0.15, -0.1) is 0 Å². The lowest BCUT2D eigenvalue weighted by Crippen LogP contribution is -2.07. The number of methoxy groups -OCH3 is 2. The lowest BCUT2D eigenvalue weighted by molar-refractivity contribution is 0.414. The molecule has 178 valence electrons. The zero-order valence-electron chi connectivity index (χ0n) is 20.6. The smallest absolute Gasteiger partial charge is 0.120 e. The average molecular weight is 473 g/mol. The molecule has 36 heavy (non-hydrogen) atoms. The van der Waals surface area contributed by atoms with Gasteiger partial charge in [-0.25, -0.2) is 0 Å². The third-order valence-corrected chi connectivity index (χ3v) is 7.69. The summed E-state index contributed by atoms with van der Waals surface area (Å²) in [6.45, 7) is 0. The molecule has 6 aromatic rings. The zero-order chi connectivity index (χ0) is 24.2. The highest BCUT2D eigenvalue weighted by molar-refractivity contribution is 6.19. The minimum Gasteiger partial charge on any atom is -0.497 e. The predicted octanol–water partition coefficient (Wildman–Crippen LogP) is 7.62. The summed E-state index contributed by atoms with van der Waals surface area (Å²) in [5, 5.41) is 3.88. The molecule has 2 aromatic heterocycles. The molecule has 0 atom stereocenters. The quantitative estimate of drug-likeness (QED) is 0.264.